The van der Waals surface area contributed by atoms with Gasteiger partial charge in [-0.15, -0.1) is 24.0 Å². The minimum absolute atomic E-state index is 0. The molecule has 2 aliphatic heterocycles. The van der Waals surface area contributed by atoms with Crippen molar-refractivity contribution in [3.8, 4) is 0 Å². The van der Waals surface area contributed by atoms with Gasteiger partial charge in [-0.3, -0.25) is 4.99 Å². The molecule has 0 atom stereocenters. The van der Waals surface area contributed by atoms with E-state index >= 15 is 0 Å². The van der Waals surface area contributed by atoms with Gasteiger partial charge >= 0.3 is 0 Å². The SMILES string of the molecule is CCNC(=NCCC1=CCOCC1)N1CCN(c2cc(F)ccc2F)CC1.I. The van der Waals surface area contributed by atoms with Gasteiger partial charge in [-0.1, -0.05) is 11.6 Å². The lowest BCUT2D eigenvalue weighted by Crippen LogP contribution is -2.52. The molecule has 156 valence electrons. The predicted octanol–water partition coefficient (Wildman–Crippen LogP) is 3.41. The van der Waals surface area contributed by atoms with Gasteiger partial charge in [0.1, 0.15) is 11.6 Å². The Hall–Kier alpha value is -1.42. The third kappa shape index (κ3) is 6.30. The number of guanidine groups is 1. The first-order chi connectivity index (χ1) is 13.2. The topological polar surface area (TPSA) is 40.1 Å². The van der Waals surface area contributed by atoms with E-state index < -0.39 is 5.82 Å². The van der Waals surface area contributed by atoms with E-state index in [1.54, 1.807) is 0 Å². The number of rotatable bonds is 5. The highest BCUT2D eigenvalue weighted by molar-refractivity contribution is 14.0. The maximum atomic E-state index is 14.0. The Morgan fingerprint density at radius 3 is 2.68 bits per heavy atom. The lowest BCUT2D eigenvalue weighted by Gasteiger charge is -2.37. The number of aliphatic imine (C=N–C) groups is 1. The molecular weight excluding hydrogens is 477 g/mol. The average molecular weight is 506 g/mol. The summed E-state index contributed by atoms with van der Waals surface area (Å²) in [5.41, 5.74) is 1.75. The van der Waals surface area contributed by atoms with Crippen LogP contribution in [0.15, 0.2) is 34.8 Å². The fraction of sp³-hybridized carbons (Fsp3) is 0.550. The summed E-state index contributed by atoms with van der Waals surface area (Å²) in [6, 6.07) is 3.61. The van der Waals surface area contributed by atoms with E-state index in [4.69, 9.17) is 9.73 Å². The number of hydrogen-bond donors (Lipinski definition) is 1. The molecule has 0 bridgehead atoms. The number of nitrogens with one attached hydrogen (secondary N) is 1. The van der Waals surface area contributed by atoms with Crippen molar-refractivity contribution >= 4 is 35.6 Å². The zero-order valence-corrected chi connectivity index (χ0v) is 18.6. The molecular formula is C20H29F2IN4O. The van der Waals surface area contributed by atoms with E-state index in [1.807, 2.05) is 4.90 Å². The first-order valence-electron chi connectivity index (χ1n) is 9.66. The van der Waals surface area contributed by atoms with Crippen LogP contribution in [0.1, 0.15) is 19.8 Å². The van der Waals surface area contributed by atoms with Crippen LogP contribution in [0.25, 0.3) is 0 Å². The van der Waals surface area contributed by atoms with Gasteiger partial charge in [0.25, 0.3) is 0 Å². The zero-order valence-electron chi connectivity index (χ0n) is 16.3. The molecule has 0 saturated carbocycles. The molecule has 1 N–H and O–H groups in total. The van der Waals surface area contributed by atoms with E-state index in [1.165, 1.54) is 17.7 Å². The molecule has 3 rings (SSSR count). The highest BCUT2D eigenvalue weighted by atomic mass is 127. The van der Waals surface area contributed by atoms with E-state index in [9.17, 15) is 8.78 Å². The third-order valence-corrected chi connectivity index (χ3v) is 4.91. The van der Waals surface area contributed by atoms with Crippen molar-refractivity contribution in [3.05, 3.63) is 41.5 Å². The van der Waals surface area contributed by atoms with Crippen LogP contribution < -0.4 is 10.2 Å². The molecule has 1 saturated heterocycles. The Morgan fingerprint density at radius 1 is 1.21 bits per heavy atom. The summed E-state index contributed by atoms with van der Waals surface area (Å²) < 4.78 is 32.8. The summed E-state index contributed by atoms with van der Waals surface area (Å²) in [5, 5.41) is 3.34. The molecule has 1 fully saturated rings. The van der Waals surface area contributed by atoms with Crippen LogP contribution >= 0.6 is 24.0 Å². The molecule has 2 aliphatic rings. The Morgan fingerprint density at radius 2 is 2.00 bits per heavy atom. The van der Waals surface area contributed by atoms with E-state index in [0.29, 0.717) is 25.4 Å². The van der Waals surface area contributed by atoms with Gasteiger partial charge in [0.05, 0.1) is 18.9 Å². The molecule has 0 aromatic heterocycles. The summed E-state index contributed by atoms with van der Waals surface area (Å²) in [4.78, 5) is 8.84. The number of benzene rings is 1. The van der Waals surface area contributed by atoms with Crippen LogP contribution in [0.5, 0.6) is 0 Å². The number of hydrogen-bond acceptors (Lipinski definition) is 3. The van der Waals surface area contributed by atoms with Crippen LogP contribution in [-0.4, -0.2) is 63.3 Å². The fourth-order valence-corrected chi connectivity index (χ4v) is 3.41. The van der Waals surface area contributed by atoms with Crippen molar-refractivity contribution in [1.29, 1.82) is 0 Å². The standard InChI is InChI=1S/C20H28F2N4O.HI/c1-2-23-20(24-8-5-16-6-13-27-14-7-16)26-11-9-25(10-12-26)19-15-17(21)3-4-18(19)22;/h3-4,6,15H,2,5,7-14H2,1H3,(H,23,24);1H. The minimum atomic E-state index is -0.411. The van der Waals surface area contributed by atoms with Crippen molar-refractivity contribution < 1.29 is 13.5 Å². The van der Waals surface area contributed by atoms with E-state index in [-0.39, 0.29) is 29.8 Å². The fourth-order valence-electron chi connectivity index (χ4n) is 3.41. The molecule has 1 aromatic carbocycles. The maximum Gasteiger partial charge on any atom is 0.194 e. The molecule has 28 heavy (non-hydrogen) atoms. The number of nitrogens with zero attached hydrogens (tertiary/aromatic N) is 3. The summed E-state index contributed by atoms with van der Waals surface area (Å²) in [6.45, 7) is 7.80. The molecule has 2 heterocycles. The highest BCUT2D eigenvalue weighted by Gasteiger charge is 2.22. The Bertz CT molecular complexity index is 691. The number of ether oxygens (including phenoxy) is 1. The van der Waals surface area contributed by atoms with Gasteiger partial charge < -0.3 is 19.9 Å². The Kier molecular flexibility index (Phi) is 9.43. The Balaban J connectivity index is 0.00000280. The van der Waals surface area contributed by atoms with Gasteiger partial charge in [-0.05, 0) is 31.9 Å². The van der Waals surface area contributed by atoms with Gasteiger partial charge in [0.15, 0.2) is 5.96 Å². The first kappa shape index (κ1) is 22.9. The minimum Gasteiger partial charge on any atom is -0.377 e. The monoisotopic (exact) mass is 506 g/mol. The summed E-state index contributed by atoms with van der Waals surface area (Å²) in [5.74, 6) is 0.103. The van der Waals surface area contributed by atoms with Crippen molar-refractivity contribution in [2.24, 2.45) is 4.99 Å². The van der Waals surface area contributed by atoms with Crippen molar-refractivity contribution in [2.45, 2.75) is 19.8 Å². The average Bonchev–Trinajstić information content (AvgIpc) is 2.70. The number of anilines is 1. The van der Waals surface area contributed by atoms with E-state index in [2.05, 4.69) is 23.2 Å². The van der Waals surface area contributed by atoms with Crippen molar-refractivity contribution in [1.82, 2.24) is 10.2 Å². The Labute approximate surface area is 182 Å². The second-order valence-corrected chi connectivity index (χ2v) is 6.74. The second kappa shape index (κ2) is 11.5. The highest BCUT2D eigenvalue weighted by Crippen LogP contribution is 2.22. The second-order valence-electron chi connectivity index (χ2n) is 6.74. The van der Waals surface area contributed by atoms with E-state index in [0.717, 1.165) is 57.7 Å². The van der Waals surface area contributed by atoms with Crippen LogP contribution in [0.3, 0.4) is 0 Å². The molecule has 0 amide bonds. The van der Waals surface area contributed by atoms with Crippen molar-refractivity contribution in [2.75, 3.05) is 57.4 Å². The van der Waals surface area contributed by atoms with Gasteiger partial charge in [-0.25, -0.2) is 8.78 Å². The maximum absolute atomic E-state index is 14.0. The van der Waals surface area contributed by atoms with Crippen LogP contribution in [-0.2, 0) is 4.74 Å². The molecule has 0 aliphatic carbocycles. The summed E-state index contributed by atoms with van der Waals surface area (Å²) in [7, 11) is 0. The molecule has 0 radical (unpaired) electrons. The molecule has 0 spiro atoms. The first-order valence-corrected chi connectivity index (χ1v) is 9.66. The van der Waals surface area contributed by atoms with Gasteiger partial charge in [0.2, 0.25) is 0 Å². The van der Waals surface area contributed by atoms with Crippen LogP contribution in [0.2, 0.25) is 0 Å². The normalized spacial score (nSPS) is 17.8. The summed E-state index contributed by atoms with van der Waals surface area (Å²) >= 11 is 0. The molecule has 1 aromatic rings. The van der Waals surface area contributed by atoms with Crippen molar-refractivity contribution in [3.63, 3.8) is 0 Å². The lowest BCUT2D eigenvalue weighted by atomic mass is 10.1. The number of piperazine rings is 1. The van der Waals surface area contributed by atoms with Gasteiger partial charge in [0, 0.05) is 45.3 Å². The molecule has 0 unspecified atom stereocenters. The largest absolute Gasteiger partial charge is 0.377 e. The zero-order chi connectivity index (χ0) is 19.1. The summed E-state index contributed by atoms with van der Waals surface area (Å²) in [6.07, 6.45) is 4.09. The smallest absolute Gasteiger partial charge is 0.194 e. The quantitative estimate of drug-likeness (QED) is 0.288. The molecule has 8 heteroatoms. The lowest BCUT2D eigenvalue weighted by molar-refractivity contribution is 0.153. The molecule has 5 nitrogen and oxygen atoms in total. The number of halogens is 3. The van der Waals surface area contributed by atoms with Crippen LogP contribution in [0, 0.1) is 11.6 Å². The third-order valence-electron chi connectivity index (χ3n) is 4.91. The van der Waals surface area contributed by atoms with Crippen LogP contribution in [0.4, 0.5) is 14.5 Å². The van der Waals surface area contributed by atoms with Gasteiger partial charge in [-0.2, -0.15) is 0 Å². The predicted molar refractivity (Wildman–Crippen MR) is 120 cm³/mol.